The molecule has 5 nitrogen and oxygen atoms in total. The van der Waals surface area contributed by atoms with Crippen LogP contribution in [0.15, 0.2) is 28.8 Å². The van der Waals surface area contributed by atoms with Crippen molar-refractivity contribution >= 4 is 0 Å². The van der Waals surface area contributed by atoms with E-state index in [9.17, 15) is 4.39 Å². The van der Waals surface area contributed by atoms with E-state index in [4.69, 9.17) is 4.52 Å². The van der Waals surface area contributed by atoms with Crippen molar-refractivity contribution in [3.63, 3.8) is 0 Å². The summed E-state index contributed by atoms with van der Waals surface area (Å²) in [6.45, 7) is 5.76. The number of rotatable bonds is 3. The van der Waals surface area contributed by atoms with Crippen molar-refractivity contribution in [1.29, 1.82) is 0 Å². The maximum Gasteiger partial charge on any atom is 0.257 e. The van der Waals surface area contributed by atoms with Crippen LogP contribution in [0.4, 0.5) is 4.39 Å². The molecule has 1 atom stereocenters. The number of benzene rings is 1. The molecule has 0 aliphatic carbocycles. The number of aromatic nitrogens is 2. The Hall–Kier alpha value is -1.79. The molecule has 6 heteroatoms. The zero-order chi connectivity index (χ0) is 13.9. The summed E-state index contributed by atoms with van der Waals surface area (Å²) >= 11 is 0. The predicted octanol–water partition coefficient (Wildman–Crippen LogP) is 1.67. The van der Waals surface area contributed by atoms with Gasteiger partial charge in [-0.1, -0.05) is 5.16 Å². The second-order valence-corrected chi connectivity index (χ2v) is 5.11. The zero-order valence-electron chi connectivity index (χ0n) is 11.3. The van der Waals surface area contributed by atoms with Gasteiger partial charge in [-0.2, -0.15) is 4.98 Å². The maximum atomic E-state index is 12.9. The average Bonchev–Trinajstić information content (AvgIpc) is 2.88. The van der Waals surface area contributed by atoms with Crippen LogP contribution in [0.2, 0.25) is 0 Å². The van der Waals surface area contributed by atoms with Crippen LogP contribution in [0.5, 0.6) is 0 Å². The highest BCUT2D eigenvalue weighted by Gasteiger charge is 2.18. The molecule has 0 spiro atoms. The number of piperazine rings is 1. The van der Waals surface area contributed by atoms with E-state index in [1.807, 2.05) is 0 Å². The lowest BCUT2D eigenvalue weighted by Gasteiger charge is -2.30. The van der Waals surface area contributed by atoms with Crippen LogP contribution in [-0.4, -0.2) is 40.7 Å². The number of hydrogen-bond acceptors (Lipinski definition) is 5. The normalized spacial score (nSPS) is 20.2. The van der Waals surface area contributed by atoms with E-state index >= 15 is 0 Å². The van der Waals surface area contributed by atoms with E-state index in [-0.39, 0.29) is 5.82 Å². The van der Waals surface area contributed by atoms with Crippen LogP contribution in [0.25, 0.3) is 11.5 Å². The molecule has 1 aliphatic rings. The van der Waals surface area contributed by atoms with Gasteiger partial charge >= 0.3 is 0 Å². The summed E-state index contributed by atoms with van der Waals surface area (Å²) in [4.78, 5) is 6.66. The number of nitrogens with one attached hydrogen (secondary N) is 1. The monoisotopic (exact) mass is 276 g/mol. The summed E-state index contributed by atoms with van der Waals surface area (Å²) in [6, 6.07) is 6.53. The Morgan fingerprint density at radius 3 is 2.95 bits per heavy atom. The summed E-state index contributed by atoms with van der Waals surface area (Å²) in [7, 11) is 0. The molecule has 0 radical (unpaired) electrons. The maximum absolute atomic E-state index is 12.9. The first-order valence-corrected chi connectivity index (χ1v) is 6.75. The van der Waals surface area contributed by atoms with E-state index in [0.717, 1.165) is 25.2 Å². The van der Waals surface area contributed by atoms with Gasteiger partial charge in [0.05, 0.1) is 6.54 Å². The Bertz CT molecular complexity index is 569. The largest absolute Gasteiger partial charge is 0.334 e. The van der Waals surface area contributed by atoms with Gasteiger partial charge in [0.25, 0.3) is 5.89 Å². The summed E-state index contributed by atoms with van der Waals surface area (Å²) < 4.78 is 18.1. The third kappa shape index (κ3) is 3.02. The summed E-state index contributed by atoms with van der Waals surface area (Å²) in [5.74, 6) is 0.824. The standard InChI is InChI=1S/C14H17FN4O/c1-10-8-19(7-6-16-10)9-13-17-14(20-18-13)11-2-4-12(15)5-3-11/h2-5,10,16H,6-9H2,1H3/t10-/m0/s1. The number of nitrogens with zero attached hydrogens (tertiary/aromatic N) is 3. The average molecular weight is 276 g/mol. The minimum absolute atomic E-state index is 0.275. The first-order chi connectivity index (χ1) is 9.70. The van der Waals surface area contributed by atoms with Crippen molar-refractivity contribution in [2.45, 2.75) is 19.5 Å². The third-order valence-electron chi connectivity index (χ3n) is 3.38. The van der Waals surface area contributed by atoms with Crippen LogP contribution in [0.1, 0.15) is 12.7 Å². The predicted molar refractivity (Wildman–Crippen MR) is 72.4 cm³/mol. The lowest BCUT2D eigenvalue weighted by molar-refractivity contribution is 0.193. The number of halogens is 1. The summed E-state index contributed by atoms with van der Waals surface area (Å²) in [5.41, 5.74) is 0.735. The molecule has 1 aromatic heterocycles. The molecule has 2 heterocycles. The molecule has 106 valence electrons. The second-order valence-electron chi connectivity index (χ2n) is 5.11. The first kappa shape index (κ1) is 13.2. The zero-order valence-corrected chi connectivity index (χ0v) is 11.3. The van der Waals surface area contributed by atoms with Crippen LogP contribution in [-0.2, 0) is 6.54 Å². The molecule has 2 aromatic rings. The summed E-state index contributed by atoms with van der Waals surface area (Å²) in [5, 5.41) is 7.38. The highest BCUT2D eigenvalue weighted by atomic mass is 19.1. The molecule has 0 saturated carbocycles. The van der Waals surface area contributed by atoms with Crippen molar-refractivity contribution in [2.24, 2.45) is 0 Å². The van der Waals surface area contributed by atoms with E-state index in [2.05, 4.69) is 27.3 Å². The van der Waals surface area contributed by atoms with Gasteiger partial charge in [-0.05, 0) is 31.2 Å². The Kier molecular flexibility index (Phi) is 3.75. The minimum Gasteiger partial charge on any atom is -0.334 e. The molecule has 1 fully saturated rings. The van der Waals surface area contributed by atoms with E-state index in [1.165, 1.54) is 12.1 Å². The molecule has 1 N–H and O–H groups in total. The van der Waals surface area contributed by atoms with Crippen molar-refractivity contribution in [2.75, 3.05) is 19.6 Å². The van der Waals surface area contributed by atoms with Crippen LogP contribution in [0, 0.1) is 5.82 Å². The topological polar surface area (TPSA) is 54.2 Å². The van der Waals surface area contributed by atoms with Crippen LogP contribution < -0.4 is 5.32 Å². The van der Waals surface area contributed by atoms with E-state index < -0.39 is 0 Å². The van der Waals surface area contributed by atoms with Gasteiger partial charge < -0.3 is 9.84 Å². The second kappa shape index (κ2) is 5.68. The lowest BCUT2D eigenvalue weighted by Crippen LogP contribution is -2.48. The fourth-order valence-electron chi connectivity index (χ4n) is 2.38. The summed E-state index contributed by atoms with van der Waals surface area (Å²) in [6.07, 6.45) is 0. The van der Waals surface area contributed by atoms with Crippen LogP contribution in [0.3, 0.4) is 0 Å². The SMILES string of the molecule is C[C@H]1CN(Cc2noc(-c3ccc(F)cc3)n2)CCN1. The molecule has 1 aliphatic heterocycles. The van der Waals surface area contributed by atoms with Crippen molar-refractivity contribution in [3.8, 4) is 11.5 Å². The Labute approximate surface area is 116 Å². The molecule has 0 bridgehead atoms. The Morgan fingerprint density at radius 1 is 1.40 bits per heavy atom. The Balaban J connectivity index is 1.69. The molecule has 1 aromatic carbocycles. The van der Waals surface area contributed by atoms with Crippen LogP contribution >= 0.6 is 0 Å². The van der Waals surface area contributed by atoms with Crippen molar-refractivity contribution in [3.05, 3.63) is 35.9 Å². The van der Waals surface area contributed by atoms with Gasteiger partial charge in [-0.25, -0.2) is 4.39 Å². The van der Waals surface area contributed by atoms with Gasteiger partial charge in [0.1, 0.15) is 5.82 Å². The molecule has 0 unspecified atom stereocenters. The molecule has 1 saturated heterocycles. The van der Waals surface area contributed by atoms with Gasteiger partial charge in [-0.3, -0.25) is 4.90 Å². The highest BCUT2D eigenvalue weighted by Crippen LogP contribution is 2.18. The fourth-order valence-corrected chi connectivity index (χ4v) is 2.38. The first-order valence-electron chi connectivity index (χ1n) is 6.75. The Morgan fingerprint density at radius 2 is 2.20 bits per heavy atom. The van der Waals surface area contributed by atoms with Gasteiger partial charge in [0.15, 0.2) is 5.82 Å². The molecule has 0 amide bonds. The van der Waals surface area contributed by atoms with E-state index in [1.54, 1.807) is 12.1 Å². The van der Waals surface area contributed by atoms with Gasteiger partial charge in [0, 0.05) is 31.2 Å². The molecular formula is C14H17FN4O. The molecule has 20 heavy (non-hydrogen) atoms. The minimum atomic E-state index is -0.275. The van der Waals surface area contributed by atoms with Crippen molar-refractivity contribution in [1.82, 2.24) is 20.4 Å². The van der Waals surface area contributed by atoms with Gasteiger partial charge in [-0.15, -0.1) is 0 Å². The quantitative estimate of drug-likeness (QED) is 0.924. The highest BCUT2D eigenvalue weighted by molar-refractivity contribution is 5.52. The molecular weight excluding hydrogens is 259 g/mol. The molecule has 3 rings (SSSR count). The fraction of sp³-hybridized carbons (Fsp3) is 0.429. The third-order valence-corrected chi connectivity index (χ3v) is 3.38. The smallest absolute Gasteiger partial charge is 0.257 e. The van der Waals surface area contributed by atoms with Crippen molar-refractivity contribution < 1.29 is 8.91 Å². The van der Waals surface area contributed by atoms with E-state index in [0.29, 0.717) is 24.3 Å². The lowest BCUT2D eigenvalue weighted by atomic mass is 10.2. The number of hydrogen-bond donors (Lipinski definition) is 1. The van der Waals surface area contributed by atoms with Gasteiger partial charge in [0.2, 0.25) is 0 Å².